The molecular weight excluding hydrogens is 240 g/mol. The first kappa shape index (κ1) is 10.6. The van der Waals surface area contributed by atoms with Crippen LogP contribution in [0.4, 0.5) is 8.78 Å². The quantitative estimate of drug-likeness (QED) is 0.820. The van der Waals surface area contributed by atoms with Crippen LogP contribution >= 0.6 is 15.9 Å². The van der Waals surface area contributed by atoms with Crippen molar-refractivity contribution in [3.05, 3.63) is 33.8 Å². The molecule has 0 aliphatic carbocycles. The maximum atomic E-state index is 13.1. The summed E-state index contributed by atoms with van der Waals surface area (Å²) >= 11 is 2.91. The second kappa shape index (κ2) is 4.67. The highest BCUT2D eigenvalue weighted by Crippen LogP contribution is 2.21. The summed E-state index contributed by atoms with van der Waals surface area (Å²) in [5, 5.41) is 0. The summed E-state index contributed by atoms with van der Waals surface area (Å²) in [6.45, 7) is 0.483. The molecule has 0 amide bonds. The van der Waals surface area contributed by atoms with Crippen LogP contribution in [0.5, 0.6) is 0 Å². The number of hydrogen-bond donors (Lipinski definition) is 1. The molecule has 0 radical (unpaired) electrons. The largest absolute Gasteiger partial charge is 0.330 e. The zero-order valence-electron chi connectivity index (χ0n) is 6.99. The smallest absolute Gasteiger partial charge is 0.173 e. The Kier molecular flexibility index (Phi) is 3.81. The summed E-state index contributed by atoms with van der Waals surface area (Å²) in [6.07, 6.45) is 1.14. The monoisotopic (exact) mass is 249 g/mol. The van der Waals surface area contributed by atoms with Gasteiger partial charge in [-0.05, 0) is 46.9 Å². The third kappa shape index (κ3) is 2.48. The van der Waals surface area contributed by atoms with Gasteiger partial charge in [0.2, 0.25) is 0 Å². The van der Waals surface area contributed by atoms with Crippen molar-refractivity contribution in [1.29, 1.82) is 0 Å². The molecule has 1 nitrogen and oxygen atoms in total. The van der Waals surface area contributed by atoms with Crippen LogP contribution in [0.2, 0.25) is 0 Å². The van der Waals surface area contributed by atoms with E-state index in [1.807, 2.05) is 0 Å². The molecular formula is C9H10BrF2N. The normalized spacial score (nSPS) is 10.5. The molecule has 0 saturated heterocycles. The van der Waals surface area contributed by atoms with Gasteiger partial charge in [0, 0.05) is 0 Å². The zero-order valence-corrected chi connectivity index (χ0v) is 8.57. The Hall–Kier alpha value is -0.480. The molecule has 0 heterocycles. The van der Waals surface area contributed by atoms with E-state index >= 15 is 0 Å². The van der Waals surface area contributed by atoms with Crippen molar-refractivity contribution in [3.8, 4) is 0 Å². The number of aryl methyl sites for hydroxylation is 1. The van der Waals surface area contributed by atoms with Crippen LogP contribution in [0, 0.1) is 11.6 Å². The van der Waals surface area contributed by atoms with Crippen LogP contribution in [0.3, 0.4) is 0 Å². The lowest BCUT2D eigenvalue weighted by Crippen LogP contribution is -2.02. The Balaban J connectivity index is 2.90. The highest BCUT2D eigenvalue weighted by atomic mass is 79.9. The Labute approximate surface area is 84.1 Å². The Bertz CT molecular complexity index is 302. The predicted octanol–water partition coefficient (Wildman–Crippen LogP) is 2.62. The standard InChI is InChI=1S/C9H10BrF2N/c10-7-4-3-6(2-1-5-13)8(11)9(7)12/h3-4H,1-2,5,13H2. The zero-order chi connectivity index (χ0) is 9.84. The maximum Gasteiger partial charge on any atom is 0.173 e. The van der Waals surface area contributed by atoms with E-state index in [4.69, 9.17) is 5.73 Å². The molecule has 1 aromatic rings. The van der Waals surface area contributed by atoms with Crippen LogP contribution in [0.25, 0.3) is 0 Å². The van der Waals surface area contributed by atoms with Gasteiger partial charge in [0.25, 0.3) is 0 Å². The summed E-state index contributed by atoms with van der Waals surface area (Å²) < 4.78 is 26.3. The minimum Gasteiger partial charge on any atom is -0.330 e. The lowest BCUT2D eigenvalue weighted by atomic mass is 10.1. The van der Waals surface area contributed by atoms with Crippen LogP contribution in [-0.4, -0.2) is 6.54 Å². The molecule has 0 aliphatic heterocycles. The molecule has 0 aliphatic rings. The molecule has 4 heteroatoms. The lowest BCUT2D eigenvalue weighted by molar-refractivity contribution is 0.493. The second-order valence-corrected chi connectivity index (χ2v) is 3.58. The van der Waals surface area contributed by atoms with Crippen molar-refractivity contribution in [2.24, 2.45) is 5.73 Å². The number of nitrogens with two attached hydrogens (primary N) is 1. The minimum absolute atomic E-state index is 0.154. The van der Waals surface area contributed by atoms with Gasteiger partial charge in [0.1, 0.15) is 0 Å². The van der Waals surface area contributed by atoms with Gasteiger partial charge in [-0.15, -0.1) is 0 Å². The van der Waals surface area contributed by atoms with Crippen molar-refractivity contribution in [1.82, 2.24) is 0 Å². The summed E-state index contributed by atoms with van der Waals surface area (Å²) in [5.41, 5.74) is 5.65. The molecule has 0 saturated carbocycles. The fourth-order valence-corrected chi connectivity index (χ4v) is 1.36. The lowest BCUT2D eigenvalue weighted by Gasteiger charge is -2.03. The van der Waals surface area contributed by atoms with E-state index in [0.717, 1.165) is 0 Å². The predicted molar refractivity (Wildman–Crippen MR) is 51.4 cm³/mol. The number of benzene rings is 1. The van der Waals surface area contributed by atoms with Crippen LogP contribution < -0.4 is 5.73 Å². The fourth-order valence-electron chi connectivity index (χ4n) is 1.05. The van der Waals surface area contributed by atoms with Crippen molar-refractivity contribution in [3.63, 3.8) is 0 Å². The SMILES string of the molecule is NCCCc1ccc(Br)c(F)c1F. The van der Waals surface area contributed by atoms with Gasteiger partial charge in [-0.2, -0.15) is 0 Å². The van der Waals surface area contributed by atoms with E-state index in [-0.39, 0.29) is 4.47 Å². The average molecular weight is 250 g/mol. The summed E-state index contributed by atoms with van der Waals surface area (Å²) in [5.74, 6) is -1.60. The van der Waals surface area contributed by atoms with Gasteiger partial charge in [-0.3, -0.25) is 0 Å². The number of hydrogen-bond acceptors (Lipinski definition) is 1. The topological polar surface area (TPSA) is 26.0 Å². The Morgan fingerprint density at radius 1 is 1.23 bits per heavy atom. The first-order valence-corrected chi connectivity index (χ1v) is 4.78. The van der Waals surface area contributed by atoms with Gasteiger partial charge >= 0.3 is 0 Å². The van der Waals surface area contributed by atoms with Crippen LogP contribution in [-0.2, 0) is 6.42 Å². The molecule has 0 spiro atoms. The van der Waals surface area contributed by atoms with Crippen molar-refractivity contribution < 1.29 is 8.78 Å². The molecule has 0 aromatic heterocycles. The molecule has 0 fully saturated rings. The summed E-state index contributed by atoms with van der Waals surface area (Å²) in [6, 6.07) is 3.07. The second-order valence-electron chi connectivity index (χ2n) is 2.73. The highest BCUT2D eigenvalue weighted by molar-refractivity contribution is 9.10. The van der Waals surface area contributed by atoms with E-state index in [9.17, 15) is 8.78 Å². The van der Waals surface area contributed by atoms with E-state index < -0.39 is 11.6 Å². The average Bonchev–Trinajstić information content (AvgIpc) is 2.13. The van der Waals surface area contributed by atoms with Crippen molar-refractivity contribution in [2.75, 3.05) is 6.54 Å². The first-order chi connectivity index (χ1) is 6.16. The van der Waals surface area contributed by atoms with Gasteiger partial charge in [0.05, 0.1) is 4.47 Å². The minimum atomic E-state index is -0.825. The van der Waals surface area contributed by atoms with Crippen LogP contribution in [0.1, 0.15) is 12.0 Å². The van der Waals surface area contributed by atoms with E-state index in [1.54, 1.807) is 6.07 Å². The molecule has 13 heavy (non-hydrogen) atoms. The third-order valence-electron chi connectivity index (χ3n) is 1.77. The molecule has 0 unspecified atom stereocenters. The van der Waals surface area contributed by atoms with Crippen molar-refractivity contribution >= 4 is 15.9 Å². The van der Waals surface area contributed by atoms with Gasteiger partial charge in [0.15, 0.2) is 11.6 Å². The Morgan fingerprint density at radius 2 is 1.92 bits per heavy atom. The van der Waals surface area contributed by atoms with E-state index in [0.29, 0.717) is 24.9 Å². The van der Waals surface area contributed by atoms with Gasteiger partial charge < -0.3 is 5.73 Å². The molecule has 72 valence electrons. The molecule has 1 aromatic carbocycles. The summed E-state index contributed by atoms with van der Waals surface area (Å²) in [7, 11) is 0. The Morgan fingerprint density at radius 3 is 2.54 bits per heavy atom. The molecule has 0 bridgehead atoms. The first-order valence-electron chi connectivity index (χ1n) is 3.99. The number of rotatable bonds is 3. The molecule has 2 N–H and O–H groups in total. The van der Waals surface area contributed by atoms with Crippen LogP contribution in [0.15, 0.2) is 16.6 Å². The highest BCUT2D eigenvalue weighted by Gasteiger charge is 2.10. The summed E-state index contributed by atoms with van der Waals surface area (Å²) in [4.78, 5) is 0. The fraction of sp³-hybridized carbons (Fsp3) is 0.333. The third-order valence-corrected chi connectivity index (χ3v) is 2.38. The molecule has 1 rings (SSSR count). The van der Waals surface area contributed by atoms with Gasteiger partial charge in [-0.25, -0.2) is 8.78 Å². The van der Waals surface area contributed by atoms with E-state index in [2.05, 4.69) is 15.9 Å². The maximum absolute atomic E-state index is 13.1. The number of halogens is 3. The van der Waals surface area contributed by atoms with Crippen molar-refractivity contribution in [2.45, 2.75) is 12.8 Å². The molecule has 0 atom stereocenters. The van der Waals surface area contributed by atoms with E-state index in [1.165, 1.54) is 6.07 Å². The van der Waals surface area contributed by atoms with Gasteiger partial charge in [-0.1, -0.05) is 6.07 Å².